The van der Waals surface area contributed by atoms with Crippen LogP contribution in [0.3, 0.4) is 0 Å². The van der Waals surface area contributed by atoms with Gasteiger partial charge in [-0.2, -0.15) is 8.42 Å². The third-order valence-electron chi connectivity index (χ3n) is 6.27. The van der Waals surface area contributed by atoms with Crippen molar-refractivity contribution in [3.8, 4) is 0 Å². The number of thiophene rings is 1. The zero-order valence-corrected chi connectivity index (χ0v) is 22.2. The molecule has 2 aliphatic rings. The molecule has 1 unspecified atom stereocenters. The monoisotopic (exact) mass is 582 g/mol. The van der Waals surface area contributed by atoms with Crippen molar-refractivity contribution in [1.82, 2.24) is 9.97 Å². The third kappa shape index (κ3) is 5.64. The average Bonchev–Trinajstić information content (AvgIpc) is 3.54. The van der Waals surface area contributed by atoms with E-state index in [1.54, 1.807) is 24.3 Å². The Labute approximate surface area is 226 Å². The molecule has 37 heavy (non-hydrogen) atoms. The van der Waals surface area contributed by atoms with Gasteiger partial charge < -0.3 is 10.1 Å². The number of aromatic nitrogens is 2. The molecule has 14 heteroatoms. The summed E-state index contributed by atoms with van der Waals surface area (Å²) in [6.07, 6.45) is 4.08. The Hall–Kier alpha value is -2.61. The van der Waals surface area contributed by atoms with Crippen LogP contribution in [0, 0.1) is 5.92 Å². The van der Waals surface area contributed by atoms with Crippen LogP contribution in [0.25, 0.3) is 0 Å². The van der Waals surface area contributed by atoms with Gasteiger partial charge in [-0.15, -0.1) is 11.3 Å². The van der Waals surface area contributed by atoms with E-state index in [0.29, 0.717) is 43.2 Å². The molecule has 2 aromatic heterocycles. The van der Waals surface area contributed by atoms with Gasteiger partial charge in [-0.3, -0.25) is 8.98 Å². The fraction of sp³-hybridized carbons (Fsp3) is 0.304. The van der Waals surface area contributed by atoms with Crippen LogP contribution in [-0.2, 0) is 19.2 Å². The molecular weight excluding hydrogens is 563 g/mol. The summed E-state index contributed by atoms with van der Waals surface area (Å²) in [5, 5.41) is 8.63. The number of nitrogens with one attached hydrogen (secondary N) is 1. The van der Waals surface area contributed by atoms with Crippen molar-refractivity contribution < 1.29 is 26.9 Å². The van der Waals surface area contributed by atoms with Gasteiger partial charge in [0, 0.05) is 28.4 Å². The summed E-state index contributed by atoms with van der Waals surface area (Å²) >= 11 is 13.7. The maximum atomic E-state index is 13.5. The summed E-state index contributed by atoms with van der Waals surface area (Å²) in [6, 6.07) is 6.42. The van der Waals surface area contributed by atoms with Crippen LogP contribution in [0.1, 0.15) is 62.1 Å². The number of hydrogen-bond acceptors (Lipinski definition) is 10. The smallest absolute Gasteiger partial charge is 0.339 e. The van der Waals surface area contributed by atoms with E-state index in [1.807, 2.05) is 0 Å². The number of nitrogens with zero attached hydrogens (tertiary/aromatic N) is 2. The lowest BCUT2D eigenvalue weighted by Crippen LogP contribution is -2.22. The lowest BCUT2D eigenvalue weighted by Gasteiger charge is -2.15. The lowest BCUT2D eigenvalue weighted by molar-refractivity contribution is 0.0456. The topological polar surface area (TPSA) is 151 Å². The number of hydrogen-bond donors (Lipinski definition) is 2. The molecule has 3 atom stereocenters. The summed E-state index contributed by atoms with van der Waals surface area (Å²) in [5.74, 6) is -0.474. The Bertz CT molecular complexity index is 1500. The number of benzene rings is 1. The van der Waals surface area contributed by atoms with E-state index >= 15 is 0 Å². The second kappa shape index (κ2) is 10.3. The molecule has 3 aromatic rings. The van der Waals surface area contributed by atoms with Crippen LogP contribution in [0.5, 0.6) is 0 Å². The van der Waals surface area contributed by atoms with Crippen molar-refractivity contribution in [2.24, 2.45) is 11.1 Å². The first kappa shape index (κ1) is 26.0. The minimum atomic E-state index is -4.00. The van der Waals surface area contributed by atoms with Crippen molar-refractivity contribution in [2.45, 2.75) is 31.4 Å². The van der Waals surface area contributed by atoms with E-state index in [9.17, 15) is 18.0 Å². The third-order valence-corrected chi connectivity index (χ3v) is 8.35. The Kier molecular flexibility index (Phi) is 7.22. The molecule has 3 N–H and O–H groups in total. The maximum absolute atomic E-state index is 13.5. The van der Waals surface area contributed by atoms with Gasteiger partial charge >= 0.3 is 16.3 Å². The second-order valence-electron chi connectivity index (χ2n) is 8.77. The molecule has 0 bridgehead atoms. The molecule has 0 spiro atoms. The molecule has 1 aliphatic heterocycles. The molecule has 3 heterocycles. The van der Waals surface area contributed by atoms with Gasteiger partial charge in [-0.05, 0) is 49.4 Å². The average molecular weight is 583 g/mol. The summed E-state index contributed by atoms with van der Waals surface area (Å²) in [4.78, 5) is 34.4. The van der Waals surface area contributed by atoms with Crippen molar-refractivity contribution in [3.05, 3.63) is 73.3 Å². The van der Waals surface area contributed by atoms with E-state index in [4.69, 9.17) is 37.3 Å². The SMILES string of the molecule is NS(=O)(=O)OC[C@@H]1CC[C@H](Nc2ncncc2C(=O)c2cc(C3OC(=O)c4ccc(Cl)cc43)c(Cl)s2)C1. The number of halogens is 2. The molecule has 0 amide bonds. The predicted molar refractivity (Wildman–Crippen MR) is 137 cm³/mol. The molecule has 1 fully saturated rings. The van der Waals surface area contributed by atoms with Crippen LogP contribution >= 0.6 is 34.5 Å². The molecular formula is C23H20Cl2N4O6S2. The first-order valence-corrected chi connectivity index (χ1v) is 14.2. The Morgan fingerprint density at radius 1 is 1.24 bits per heavy atom. The number of ketones is 1. The minimum absolute atomic E-state index is 0.000905. The first-order chi connectivity index (χ1) is 17.6. The number of rotatable bonds is 8. The fourth-order valence-corrected chi connectivity index (χ4v) is 6.39. The van der Waals surface area contributed by atoms with Gasteiger partial charge in [0.15, 0.2) is 6.10 Å². The van der Waals surface area contributed by atoms with E-state index in [2.05, 4.69) is 15.3 Å². The van der Waals surface area contributed by atoms with Gasteiger partial charge in [0.2, 0.25) is 5.78 Å². The summed E-state index contributed by atoms with van der Waals surface area (Å²) in [6.45, 7) is 0.00310. The minimum Gasteiger partial charge on any atom is -0.449 e. The second-order valence-corrected chi connectivity index (χ2v) is 12.1. The standard InChI is InChI=1S/C23H20Cl2N4O6S2/c24-12-2-4-14-15(6-12)20(35-23(14)31)16-7-18(36-21(16)25)19(30)17-8-27-10-28-22(17)29-13-3-1-11(5-13)9-34-37(26,32)33/h2,4,6-8,10-11,13,20H,1,3,5,9H2,(H2,26,32,33)(H,27,28,29)/t11-,13+,20?/m1/s1. The fourth-order valence-electron chi connectivity index (χ4n) is 4.56. The van der Waals surface area contributed by atoms with Crippen molar-refractivity contribution in [3.63, 3.8) is 0 Å². The van der Waals surface area contributed by atoms with Crippen molar-refractivity contribution in [2.75, 3.05) is 11.9 Å². The highest BCUT2D eigenvalue weighted by atomic mass is 35.5. The highest BCUT2D eigenvalue weighted by Gasteiger charge is 2.35. The van der Waals surface area contributed by atoms with Crippen molar-refractivity contribution in [1.29, 1.82) is 0 Å². The van der Waals surface area contributed by atoms with Gasteiger partial charge in [-0.25, -0.2) is 19.9 Å². The first-order valence-electron chi connectivity index (χ1n) is 11.2. The number of fused-ring (bicyclic) bond motifs is 1. The van der Waals surface area contributed by atoms with E-state index in [0.717, 1.165) is 24.2 Å². The van der Waals surface area contributed by atoms with Crippen LogP contribution < -0.4 is 10.5 Å². The van der Waals surface area contributed by atoms with E-state index < -0.39 is 22.4 Å². The van der Waals surface area contributed by atoms with E-state index in [-0.39, 0.29) is 29.9 Å². The molecule has 0 radical (unpaired) electrons. The Morgan fingerprint density at radius 3 is 2.84 bits per heavy atom. The molecule has 194 valence electrons. The highest BCUT2D eigenvalue weighted by molar-refractivity contribution is 7.84. The van der Waals surface area contributed by atoms with Crippen LogP contribution in [0.15, 0.2) is 36.8 Å². The summed E-state index contributed by atoms with van der Waals surface area (Å²) in [7, 11) is -4.00. The quantitative estimate of drug-likeness (QED) is 0.295. The number of carbonyl (C=O) groups is 2. The van der Waals surface area contributed by atoms with Gasteiger partial charge in [0.1, 0.15) is 16.5 Å². The number of esters is 1. The Balaban J connectivity index is 1.34. The molecule has 1 saturated carbocycles. The van der Waals surface area contributed by atoms with Gasteiger partial charge in [0.25, 0.3) is 0 Å². The number of carbonyl (C=O) groups excluding carboxylic acids is 2. The number of cyclic esters (lactones) is 1. The zero-order chi connectivity index (χ0) is 26.3. The van der Waals surface area contributed by atoms with Crippen LogP contribution in [0.2, 0.25) is 9.36 Å². The van der Waals surface area contributed by atoms with Crippen LogP contribution in [0.4, 0.5) is 5.82 Å². The summed E-state index contributed by atoms with van der Waals surface area (Å²) in [5.41, 5.74) is 1.73. The summed E-state index contributed by atoms with van der Waals surface area (Å²) < 4.78 is 32.7. The van der Waals surface area contributed by atoms with Crippen molar-refractivity contribution >= 4 is 62.4 Å². The molecule has 10 nitrogen and oxygen atoms in total. The molecule has 0 saturated heterocycles. The Morgan fingerprint density at radius 2 is 2.05 bits per heavy atom. The molecule has 1 aromatic carbocycles. The highest BCUT2D eigenvalue weighted by Crippen LogP contribution is 2.43. The zero-order valence-electron chi connectivity index (χ0n) is 19.0. The largest absolute Gasteiger partial charge is 0.449 e. The number of anilines is 1. The number of ether oxygens (including phenoxy) is 1. The normalized spacial score (nSPS) is 21.1. The predicted octanol–water partition coefficient (Wildman–Crippen LogP) is 4.14. The number of nitrogens with two attached hydrogens (primary N) is 1. The molecule has 5 rings (SSSR count). The molecule has 1 aliphatic carbocycles. The maximum Gasteiger partial charge on any atom is 0.339 e. The van der Waals surface area contributed by atoms with E-state index in [1.165, 1.54) is 12.5 Å². The van der Waals surface area contributed by atoms with Gasteiger partial charge in [-0.1, -0.05) is 23.2 Å². The lowest BCUT2D eigenvalue weighted by atomic mass is 10.0. The van der Waals surface area contributed by atoms with Crippen LogP contribution in [-0.4, -0.2) is 42.8 Å². The van der Waals surface area contributed by atoms with Gasteiger partial charge in [0.05, 0.1) is 22.6 Å².